The molecule has 0 heterocycles. The van der Waals surface area contributed by atoms with Gasteiger partial charge in [-0.2, -0.15) is 0 Å². The van der Waals surface area contributed by atoms with Gasteiger partial charge in [-0.3, -0.25) is 4.79 Å². The highest BCUT2D eigenvalue weighted by molar-refractivity contribution is 7.88. The Kier molecular flexibility index (Phi) is 11.4. The summed E-state index contributed by atoms with van der Waals surface area (Å²) in [6, 6.07) is 0. The van der Waals surface area contributed by atoms with Crippen LogP contribution in [0.4, 0.5) is 0 Å². The van der Waals surface area contributed by atoms with E-state index in [2.05, 4.69) is 4.84 Å². The predicted octanol–water partition coefficient (Wildman–Crippen LogP) is 0.170. The first-order valence-corrected chi connectivity index (χ1v) is 5.65. The zero-order valence-corrected chi connectivity index (χ0v) is 10.3. The number of hydrogen-bond acceptors (Lipinski definition) is 5. The van der Waals surface area contributed by atoms with Gasteiger partial charge in [0.2, 0.25) is 10.0 Å². The highest BCUT2D eigenvalue weighted by atomic mass is 32.2. The van der Waals surface area contributed by atoms with Crippen molar-refractivity contribution >= 4 is 16.0 Å². The minimum atomic E-state index is -2.91. The molecular formula is C8H22N2O4S. The van der Waals surface area contributed by atoms with E-state index in [4.69, 9.17) is 0 Å². The minimum Gasteiger partial charge on any atom is -0.369 e. The molecule has 0 aliphatic rings. The van der Waals surface area contributed by atoms with E-state index in [1.165, 1.54) is 26.1 Å². The van der Waals surface area contributed by atoms with Crippen molar-refractivity contribution in [1.29, 1.82) is 0 Å². The first kappa shape index (κ1) is 19.8. The fourth-order valence-corrected chi connectivity index (χ4v) is 0.257. The lowest BCUT2D eigenvalue weighted by Crippen LogP contribution is -2.19. The lowest BCUT2D eigenvalue weighted by molar-refractivity contribution is -0.175. The number of hydrogen-bond donors (Lipinski definition) is 0. The molecular weight excluding hydrogens is 220 g/mol. The number of hydroxylamine groups is 2. The van der Waals surface area contributed by atoms with Crippen molar-refractivity contribution in [2.75, 3.05) is 34.4 Å². The molecule has 0 N–H and O–H groups in total. The van der Waals surface area contributed by atoms with E-state index in [1.54, 1.807) is 14.1 Å². The summed E-state index contributed by atoms with van der Waals surface area (Å²) in [6.07, 6.45) is 1.16. The fraction of sp³-hybridized carbons (Fsp3) is 0.875. The number of rotatable bonds is 2. The van der Waals surface area contributed by atoms with Crippen LogP contribution in [0.15, 0.2) is 0 Å². The third kappa shape index (κ3) is 19.7. The first-order chi connectivity index (χ1) is 6.07. The van der Waals surface area contributed by atoms with Gasteiger partial charge in [-0.15, -0.1) is 5.06 Å². The molecule has 0 rings (SSSR count). The second kappa shape index (κ2) is 8.63. The van der Waals surface area contributed by atoms with Crippen molar-refractivity contribution in [1.82, 2.24) is 9.37 Å². The Morgan fingerprint density at radius 2 is 1.40 bits per heavy atom. The van der Waals surface area contributed by atoms with Crippen LogP contribution in [0, 0.1) is 0 Å². The number of carbonyl (C=O) groups excluding carboxylic acids is 1. The van der Waals surface area contributed by atoms with E-state index >= 15 is 0 Å². The van der Waals surface area contributed by atoms with E-state index in [-0.39, 0.29) is 13.4 Å². The van der Waals surface area contributed by atoms with E-state index in [1.807, 2.05) is 0 Å². The van der Waals surface area contributed by atoms with Crippen molar-refractivity contribution in [2.24, 2.45) is 0 Å². The summed E-state index contributed by atoms with van der Waals surface area (Å²) >= 11 is 0. The third-order valence-electron chi connectivity index (χ3n) is 0.974. The summed E-state index contributed by atoms with van der Waals surface area (Å²) in [6.45, 7) is 1.36. The van der Waals surface area contributed by atoms with E-state index in [9.17, 15) is 13.2 Å². The smallest absolute Gasteiger partial charge is 0.321 e. The Hall–Kier alpha value is -0.660. The van der Waals surface area contributed by atoms with Gasteiger partial charge in [0, 0.05) is 35.1 Å². The highest BCUT2D eigenvalue weighted by Crippen LogP contribution is 1.83. The van der Waals surface area contributed by atoms with Crippen LogP contribution in [0.5, 0.6) is 0 Å². The molecule has 15 heavy (non-hydrogen) atoms. The first-order valence-electron chi connectivity index (χ1n) is 3.80. The highest BCUT2D eigenvalue weighted by Gasteiger charge is 2.00. The summed E-state index contributed by atoms with van der Waals surface area (Å²) in [5.74, 6) is -0.287. The zero-order chi connectivity index (χ0) is 11.9. The van der Waals surface area contributed by atoms with Crippen molar-refractivity contribution in [2.45, 2.75) is 14.4 Å². The monoisotopic (exact) mass is 242 g/mol. The van der Waals surface area contributed by atoms with Crippen LogP contribution in [-0.4, -0.2) is 58.2 Å². The Morgan fingerprint density at radius 1 is 1.13 bits per heavy atom. The molecule has 0 saturated heterocycles. The van der Waals surface area contributed by atoms with Crippen LogP contribution in [0.25, 0.3) is 0 Å². The van der Waals surface area contributed by atoms with Crippen LogP contribution in [0.3, 0.4) is 0 Å². The van der Waals surface area contributed by atoms with Crippen LogP contribution in [0.2, 0.25) is 0 Å². The summed E-state index contributed by atoms with van der Waals surface area (Å²) in [5.41, 5.74) is 0. The Labute approximate surface area is 92.8 Å². The molecule has 0 fully saturated rings. The molecule has 0 amide bonds. The van der Waals surface area contributed by atoms with Crippen molar-refractivity contribution < 1.29 is 18.0 Å². The van der Waals surface area contributed by atoms with Gasteiger partial charge < -0.3 is 4.84 Å². The molecule has 0 aromatic heterocycles. The second-order valence-electron chi connectivity index (χ2n) is 2.94. The molecule has 0 aromatic carbocycles. The quantitative estimate of drug-likeness (QED) is 0.646. The maximum Gasteiger partial charge on any atom is 0.321 e. The lowest BCUT2D eigenvalue weighted by Gasteiger charge is -2.05. The van der Waals surface area contributed by atoms with E-state index < -0.39 is 10.0 Å². The average Bonchev–Trinajstić information content (AvgIpc) is 1.81. The van der Waals surface area contributed by atoms with Crippen molar-refractivity contribution in [3.63, 3.8) is 0 Å². The molecule has 0 atom stereocenters. The Bertz CT molecular complexity index is 260. The van der Waals surface area contributed by atoms with E-state index in [0.717, 1.165) is 10.6 Å². The maximum absolute atomic E-state index is 10.3. The average molecular weight is 242 g/mol. The molecule has 94 valence electrons. The Morgan fingerprint density at radius 3 is 1.40 bits per heavy atom. The number of carbonyl (C=O) groups is 1. The molecule has 0 aliphatic carbocycles. The molecule has 0 aromatic rings. The largest absolute Gasteiger partial charge is 0.369 e. The number of nitrogens with zero attached hydrogens (tertiary/aromatic N) is 2. The van der Waals surface area contributed by atoms with Gasteiger partial charge >= 0.3 is 5.97 Å². The molecule has 0 saturated carbocycles. The molecule has 6 nitrogen and oxygen atoms in total. The summed E-state index contributed by atoms with van der Waals surface area (Å²) in [5, 5.41) is 1.35. The van der Waals surface area contributed by atoms with Crippen LogP contribution < -0.4 is 0 Å². The lowest BCUT2D eigenvalue weighted by atomic mass is 10.8. The minimum absolute atomic E-state index is 0. The van der Waals surface area contributed by atoms with Gasteiger partial charge in [0.25, 0.3) is 0 Å². The van der Waals surface area contributed by atoms with Gasteiger partial charge in [-0.25, -0.2) is 12.7 Å². The van der Waals surface area contributed by atoms with Crippen LogP contribution in [-0.2, 0) is 19.7 Å². The molecule has 0 radical (unpaired) electrons. The molecule has 7 heteroatoms. The topological polar surface area (TPSA) is 66.9 Å². The van der Waals surface area contributed by atoms with Gasteiger partial charge in [0.05, 0.1) is 6.26 Å². The molecule has 0 aliphatic heterocycles. The summed E-state index contributed by atoms with van der Waals surface area (Å²) in [7, 11) is 3.39. The molecule has 0 spiro atoms. The van der Waals surface area contributed by atoms with Gasteiger partial charge in [0.15, 0.2) is 0 Å². The maximum atomic E-state index is 10.3. The zero-order valence-electron chi connectivity index (χ0n) is 9.44. The van der Waals surface area contributed by atoms with Crippen molar-refractivity contribution in [3.8, 4) is 0 Å². The second-order valence-corrected chi connectivity index (χ2v) is 5.14. The van der Waals surface area contributed by atoms with Crippen molar-refractivity contribution in [3.05, 3.63) is 0 Å². The van der Waals surface area contributed by atoms with Gasteiger partial charge in [0.1, 0.15) is 0 Å². The molecule has 0 unspecified atom stereocenters. The SMILES string of the molecule is C.CC(=O)ON(C)C.CN(C)S(C)(=O)=O. The summed E-state index contributed by atoms with van der Waals surface area (Å²) < 4.78 is 21.7. The summed E-state index contributed by atoms with van der Waals surface area (Å²) in [4.78, 5) is 14.4. The normalized spacial score (nSPS) is 10.1. The number of sulfonamides is 1. The van der Waals surface area contributed by atoms with Gasteiger partial charge in [-0.05, 0) is 0 Å². The van der Waals surface area contributed by atoms with Crippen LogP contribution in [0.1, 0.15) is 14.4 Å². The van der Waals surface area contributed by atoms with Crippen LogP contribution >= 0.6 is 0 Å². The van der Waals surface area contributed by atoms with Gasteiger partial charge in [-0.1, -0.05) is 7.43 Å². The third-order valence-corrected chi connectivity index (χ3v) is 2.30. The standard InChI is InChI=1S/C4H9NO2.C3H9NO2S.CH4/c1-4(6)7-5(2)3;1-4(2)7(3,5)6;/h2*1-3H3;1H4. The van der Waals surface area contributed by atoms with E-state index in [0.29, 0.717) is 0 Å². The Balaban J connectivity index is -0.000000180. The predicted molar refractivity (Wildman–Crippen MR) is 60.7 cm³/mol. The fourth-order valence-electron chi connectivity index (χ4n) is 0.257. The molecule has 0 bridgehead atoms.